The Bertz CT molecular complexity index is 481. The first-order chi connectivity index (χ1) is 7.15. The van der Waals surface area contributed by atoms with Gasteiger partial charge < -0.3 is 5.73 Å². The molecule has 0 fully saturated rings. The lowest BCUT2D eigenvalue weighted by Crippen LogP contribution is -1.95. The van der Waals surface area contributed by atoms with E-state index >= 15 is 0 Å². The number of anilines is 1. The van der Waals surface area contributed by atoms with Gasteiger partial charge in [0.2, 0.25) is 0 Å². The predicted octanol–water partition coefficient (Wildman–Crippen LogP) is 3.71. The Morgan fingerprint density at radius 2 is 2.07 bits per heavy atom. The summed E-state index contributed by atoms with van der Waals surface area (Å²) in [5.74, 6) is -0.305. The van der Waals surface area contributed by atoms with Crippen molar-refractivity contribution in [2.45, 2.75) is 6.42 Å². The highest BCUT2D eigenvalue weighted by Crippen LogP contribution is 2.25. The molecule has 2 rings (SSSR count). The van der Waals surface area contributed by atoms with E-state index in [1.54, 1.807) is 6.07 Å². The topological polar surface area (TPSA) is 26.0 Å². The standard InChI is InChI=1S/C11H9ClFNS/c12-11-4-3-9(15-11)5-7-1-2-8(13)6-10(7)14/h1-4,6H,5,14H2. The van der Waals surface area contributed by atoms with Crippen molar-refractivity contribution in [1.29, 1.82) is 0 Å². The Morgan fingerprint density at radius 3 is 2.67 bits per heavy atom. The summed E-state index contributed by atoms with van der Waals surface area (Å²) >= 11 is 7.33. The zero-order valence-corrected chi connectivity index (χ0v) is 9.41. The van der Waals surface area contributed by atoms with Gasteiger partial charge in [-0.2, -0.15) is 0 Å². The van der Waals surface area contributed by atoms with Crippen LogP contribution in [0.2, 0.25) is 4.34 Å². The Labute approximate surface area is 96.3 Å². The highest BCUT2D eigenvalue weighted by molar-refractivity contribution is 7.16. The summed E-state index contributed by atoms with van der Waals surface area (Å²) in [6.45, 7) is 0. The molecular weight excluding hydrogens is 233 g/mol. The highest BCUT2D eigenvalue weighted by Gasteiger charge is 2.04. The maximum Gasteiger partial charge on any atom is 0.125 e. The van der Waals surface area contributed by atoms with Gasteiger partial charge in [-0.1, -0.05) is 17.7 Å². The Hall–Kier alpha value is -1.06. The van der Waals surface area contributed by atoms with E-state index in [4.69, 9.17) is 17.3 Å². The van der Waals surface area contributed by atoms with E-state index in [-0.39, 0.29) is 5.82 Å². The molecule has 1 aromatic heterocycles. The fraction of sp³-hybridized carbons (Fsp3) is 0.0909. The largest absolute Gasteiger partial charge is 0.398 e. The number of hydrogen-bond acceptors (Lipinski definition) is 2. The number of thiophene rings is 1. The summed E-state index contributed by atoms with van der Waals surface area (Å²) in [4.78, 5) is 1.12. The van der Waals surface area contributed by atoms with Crippen molar-refractivity contribution in [3.05, 3.63) is 50.9 Å². The van der Waals surface area contributed by atoms with Gasteiger partial charge in [0.25, 0.3) is 0 Å². The highest BCUT2D eigenvalue weighted by atomic mass is 35.5. The summed E-state index contributed by atoms with van der Waals surface area (Å²) in [7, 11) is 0. The summed E-state index contributed by atoms with van der Waals surface area (Å²) in [6.07, 6.45) is 0.698. The second-order valence-electron chi connectivity index (χ2n) is 3.23. The molecule has 0 atom stereocenters. The second kappa shape index (κ2) is 4.21. The lowest BCUT2D eigenvalue weighted by molar-refractivity contribution is 0.628. The molecule has 0 amide bonds. The summed E-state index contributed by atoms with van der Waals surface area (Å²) in [5.41, 5.74) is 7.12. The Morgan fingerprint density at radius 1 is 1.27 bits per heavy atom. The van der Waals surface area contributed by atoms with Crippen molar-refractivity contribution in [3.8, 4) is 0 Å². The minimum absolute atomic E-state index is 0.305. The summed E-state index contributed by atoms with van der Waals surface area (Å²) < 4.78 is 13.5. The molecular formula is C11H9ClFNS. The van der Waals surface area contributed by atoms with E-state index in [0.717, 1.165) is 14.8 Å². The molecule has 4 heteroatoms. The molecule has 1 heterocycles. The summed E-state index contributed by atoms with van der Waals surface area (Å²) in [6, 6.07) is 8.26. The molecule has 0 aliphatic heterocycles. The van der Waals surface area contributed by atoms with Crippen molar-refractivity contribution >= 4 is 28.6 Å². The maximum absolute atomic E-state index is 12.8. The number of rotatable bonds is 2. The lowest BCUT2D eigenvalue weighted by atomic mass is 10.1. The molecule has 78 valence electrons. The van der Waals surface area contributed by atoms with Gasteiger partial charge in [-0.3, -0.25) is 0 Å². The Balaban J connectivity index is 2.24. The molecule has 0 unspecified atom stereocenters. The zero-order valence-electron chi connectivity index (χ0n) is 7.84. The van der Waals surface area contributed by atoms with Gasteiger partial charge in [-0.25, -0.2) is 4.39 Å². The van der Waals surface area contributed by atoms with Crippen LogP contribution >= 0.6 is 22.9 Å². The normalized spacial score (nSPS) is 10.5. The lowest BCUT2D eigenvalue weighted by Gasteiger charge is -2.03. The van der Waals surface area contributed by atoms with E-state index in [9.17, 15) is 4.39 Å². The SMILES string of the molecule is Nc1cc(F)ccc1Cc1ccc(Cl)s1. The molecule has 2 N–H and O–H groups in total. The molecule has 0 aliphatic carbocycles. The fourth-order valence-corrected chi connectivity index (χ4v) is 2.47. The first-order valence-electron chi connectivity index (χ1n) is 4.43. The van der Waals surface area contributed by atoms with Gasteiger partial charge in [0.1, 0.15) is 5.82 Å². The van der Waals surface area contributed by atoms with Crippen molar-refractivity contribution in [1.82, 2.24) is 0 Å². The van der Waals surface area contributed by atoms with Gasteiger partial charge in [0, 0.05) is 17.0 Å². The van der Waals surface area contributed by atoms with Crippen LogP contribution in [-0.4, -0.2) is 0 Å². The average Bonchev–Trinajstić information content (AvgIpc) is 2.56. The third kappa shape index (κ3) is 2.49. The quantitative estimate of drug-likeness (QED) is 0.797. The fourth-order valence-electron chi connectivity index (χ4n) is 1.36. The minimum Gasteiger partial charge on any atom is -0.398 e. The molecule has 15 heavy (non-hydrogen) atoms. The zero-order chi connectivity index (χ0) is 10.8. The molecule has 1 aromatic carbocycles. The van der Waals surface area contributed by atoms with Gasteiger partial charge in [0.05, 0.1) is 4.34 Å². The van der Waals surface area contributed by atoms with E-state index in [1.165, 1.54) is 23.5 Å². The number of benzene rings is 1. The van der Waals surface area contributed by atoms with Crippen LogP contribution in [0, 0.1) is 5.82 Å². The van der Waals surface area contributed by atoms with Crippen molar-refractivity contribution < 1.29 is 4.39 Å². The van der Waals surface area contributed by atoms with Gasteiger partial charge in [0.15, 0.2) is 0 Å². The minimum atomic E-state index is -0.305. The monoisotopic (exact) mass is 241 g/mol. The molecule has 0 bridgehead atoms. The third-order valence-corrected chi connectivity index (χ3v) is 3.33. The van der Waals surface area contributed by atoms with Crippen LogP contribution < -0.4 is 5.73 Å². The molecule has 0 saturated heterocycles. The smallest absolute Gasteiger partial charge is 0.125 e. The first kappa shape index (κ1) is 10.5. The van der Waals surface area contributed by atoms with Crippen LogP contribution in [-0.2, 0) is 6.42 Å². The van der Waals surface area contributed by atoms with Crippen LogP contribution in [0.3, 0.4) is 0 Å². The third-order valence-electron chi connectivity index (χ3n) is 2.10. The maximum atomic E-state index is 12.8. The molecule has 0 radical (unpaired) electrons. The average molecular weight is 242 g/mol. The Kier molecular flexibility index (Phi) is 2.93. The van der Waals surface area contributed by atoms with E-state index in [0.29, 0.717) is 12.1 Å². The van der Waals surface area contributed by atoms with E-state index in [1.807, 2.05) is 12.1 Å². The second-order valence-corrected chi connectivity index (χ2v) is 5.03. The number of hydrogen-bond donors (Lipinski definition) is 1. The number of nitrogens with two attached hydrogens (primary N) is 1. The molecule has 0 spiro atoms. The van der Waals surface area contributed by atoms with Crippen molar-refractivity contribution in [2.75, 3.05) is 5.73 Å². The van der Waals surface area contributed by atoms with Crippen molar-refractivity contribution in [2.24, 2.45) is 0 Å². The van der Waals surface area contributed by atoms with Crippen LogP contribution in [0.5, 0.6) is 0 Å². The molecule has 0 aliphatic rings. The van der Waals surface area contributed by atoms with E-state index < -0.39 is 0 Å². The molecule has 2 aromatic rings. The van der Waals surface area contributed by atoms with Crippen LogP contribution in [0.4, 0.5) is 10.1 Å². The van der Waals surface area contributed by atoms with Gasteiger partial charge in [-0.15, -0.1) is 11.3 Å². The van der Waals surface area contributed by atoms with Crippen LogP contribution in [0.15, 0.2) is 30.3 Å². The summed E-state index contributed by atoms with van der Waals surface area (Å²) in [5, 5.41) is 0. The van der Waals surface area contributed by atoms with Gasteiger partial charge >= 0.3 is 0 Å². The molecule has 0 saturated carbocycles. The predicted molar refractivity (Wildman–Crippen MR) is 62.9 cm³/mol. The van der Waals surface area contributed by atoms with Crippen LogP contribution in [0.1, 0.15) is 10.4 Å². The number of halogens is 2. The van der Waals surface area contributed by atoms with Crippen molar-refractivity contribution in [3.63, 3.8) is 0 Å². The van der Waals surface area contributed by atoms with Crippen LogP contribution in [0.25, 0.3) is 0 Å². The first-order valence-corrected chi connectivity index (χ1v) is 5.63. The van der Waals surface area contributed by atoms with Gasteiger partial charge in [-0.05, 0) is 29.8 Å². The van der Waals surface area contributed by atoms with E-state index in [2.05, 4.69) is 0 Å². The number of nitrogen functional groups attached to an aromatic ring is 1. The molecule has 1 nitrogen and oxygen atoms in total.